The average molecular weight is 346 g/mol. The van der Waals surface area contributed by atoms with E-state index in [1.165, 1.54) is 6.08 Å². The van der Waals surface area contributed by atoms with Crippen LogP contribution >= 0.6 is 46.4 Å². The standard InChI is InChI=1S/C15H8Cl4O/c16-10-4-9(5-11(17)6-10)14-7-12(18)8-15(19)13(14)2-1-3-20/h1-8H/b2-1+. The molecule has 0 atom stereocenters. The largest absolute Gasteiger partial charge is 0.299 e. The summed E-state index contributed by atoms with van der Waals surface area (Å²) in [4.78, 5) is 10.5. The summed E-state index contributed by atoms with van der Waals surface area (Å²) < 4.78 is 0. The Kier molecular flexibility index (Phi) is 5.11. The molecule has 0 saturated heterocycles. The van der Waals surface area contributed by atoms with E-state index in [2.05, 4.69) is 0 Å². The second kappa shape index (κ2) is 6.64. The quantitative estimate of drug-likeness (QED) is 0.479. The molecule has 102 valence electrons. The van der Waals surface area contributed by atoms with Gasteiger partial charge in [-0.3, -0.25) is 4.79 Å². The van der Waals surface area contributed by atoms with Crippen LogP contribution in [-0.4, -0.2) is 6.29 Å². The van der Waals surface area contributed by atoms with Gasteiger partial charge in [0, 0.05) is 25.7 Å². The number of halogens is 4. The molecule has 0 bridgehead atoms. The van der Waals surface area contributed by atoms with E-state index in [1.54, 1.807) is 36.4 Å². The fourth-order valence-corrected chi connectivity index (χ4v) is 2.92. The molecule has 0 aliphatic rings. The van der Waals surface area contributed by atoms with Crippen LogP contribution in [-0.2, 0) is 4.79 Å². The van der Waals surface area contributed by atoms with E-state index < -0.39 is 0 Å². The van der Waals surface area contributed by atoms with Gasteiger partial charge in [0.05, 0.1) is 0 Å². The van der Waals surface area contributed by atoms with Gasteiger partial charge >= 0.3 is 0 Å². The molecular formula is C15H8Cl4O. The maximum Gasteiger partial charge on any atom is 0.142 e. The highest BCUT2D eigenvalue weighted by atomic mass is 35.5. The van der Waals surface area contributed by atoms with E-state index in [1.807, 2.05) is 0 Å². The third kappa shape index (κ3) is 3.56. The van der Waals surface area contributed by atoms with Crippen molar-refractivity contribution in [3.05, 3.63) is 62.1 Å². The molecule has 0 saturated carbocycles. The van der Waals surface area contributed by atoms with Gasteiger partial charge in [0.25, 0.3) is 0 Å². The monoisotopic (exact) mass is 344 g/mol. The zero-order valence-corrected chi connectivity index (χ0v) is 13.1. The molecule has 0 heterocycles. The van der Waals surface area contributed by atoms with Crippen LogP contribution in [0.5, 0.6) is 0 Å². The first kappa shape index (κ1) is 15.4. The zero-order chi connectivity index (χ0) is 14.7. The Bertz CT molecular complexity index is 672. The molecule has 0 aliphatic heterocycles. The summed E-state index contributed by atoms with van der Waals surface area (Å²) in [7, 11) is 0. The van der Waals surface area contributed by atoms with Crippen molar-refractivity contribution in [3.63, 3.8) is 0 Å². The molecule has 0 fully saturated rings. The van der Waals surface area contributed by atoms with Crippen molar-refractivity contribution in [1.82, 2.24) is 0 Å². The van der Waals surface area contributed by atoms with Gasteiger partial charge in [-0.05, 0) is 53.6 Å². The third-order valence-corrected chi connectivity index (χ3v) is 3.58. The lowest BCUT2D eigenvalue weighted by Gasteiger charge is -2.10. The van der Waals surface area contributed by atoms with Crippen molar-refractivity contribution in [3.8, 4) is 11.1 Å². The highest BCUT2D eigenvalue weighted by Crippen LogP contribution is 2.36. The van der Waals surface area contributed by atoms with Crippen LogP contribution in [0.2, 0.25) is 20.1 Å². The maximum absolute atomic E-state index is 10.5. The predicted octanol–water partition coefficient (Wildman–Crippen LogP) is 6.18. The zero-order valence-electron chi connectivity index (χ0n) is 10.0. The molecule has 1 nitrogen and oxygen atoms in total. The van der Waals surface area contributed by atoms with Crippen LogP contribution in [0, 0.1) is 0 Å². The lowest BCUT2D eigenvalue weighted by molar-refractivity contribution is -0.104. The Morgan fingerprint density at radius 2 is 1.40 bits per heavy atom. The van der Waals surface area contributed by atoms with Crippen LogP contribution in [0.1, 0.15) is 5.56 Å². The summed E-state index contributed by atoms with van der Waals surface area (Å²) >= 11 is 24.2. The Balaban J connectivity index is 2.71. The summed E-state index contributed by atoms with van der Waals surface area (Å²) in [5, 5.41) is 1.95. The van der Waals surface area contributed by atoms with Crippen LogP contribution in [0.3, 0.4) is 0 Å². The average Bonchev–Trinajstić information content (AvgIpc) is 2.35. The highest BCUT2D eigenvalue weighted by Gasteiger charge is 2.10. The number of carbonyl (C=O) groups excluding carboxylic acids is 1. The Hall–Kier alpha value is -0.990. The number of rotatable bonds is 3. The number of aldehydes is 1. The topological polar surface area (TPSA) is 17.1 Å². The summed E-state index contributed by atoms with van der Waals surface area (Å²) in [6.45, 7) is 0. The van der Waals surface area contributed by atoms with Crippen LogP contribution in [0.25, 0.3) is 17.2 Å². The second-order valence-electron chi connectivity index (χ2n) is 4.00. The smallest absolute Gasteiger partial charge is 0.142 e. The van der Waals surface area contributed by atoms with Crippen molar-refractivity contribution in [2.75, 3.05) is 0 Å². The molecule has 2 rings (SSSR count). The first-order valence-electron chi connectivity index (χ1n) is 5.58. The first-order valence-corrected chi connectivity index (χ1v) is 7.10. The van der Waals surface area contributed by atoms with Crippen LogP contribution in [0.4, 0.5) is 0 Å². The fourth-order valence-electron chi connectivity index (χ4n) is 1.84. The molecule has 2 aromatic rings. The number of hydrogen-bond acceptors (Lipinski definition) is 1. The van der Waals surface area contributed by atoms with E-state index >= 15 is 0 Å². The normalized spacial score (nSPS) is 11.0. The molecule has 0 unspecified atom stereocenters. The maximum atomic E-state index is 10.5. The van der Waals surface area contributed by atoms with Crippen molar-refractivity contribution in [2.45, 2.75) is 0 Å². The molecule has 0 aromatic heterocycles. The molecule has 0 N–H and O–H groups in total. The van der Waals surface area contributed by atoms with Crippen LogP contribution < -0.4 is 0 Å². The van der Waals surface area contributed by atoms with Gasteiger partial charge in [0.15, 0.2) is 0 Å². The number of allylic oxidation sites excluding steroid dienone is 1. The molecule has 0 aliphatic carbocycles. The summed E-state index contributed by atoms with van der Waals surface area (Å²) in [6, 6.07) is 8.52. The summed E-state index contributed by atoms with van der Waals surface area (Å²) in [5.74, 6) is 0. The minimum atomic E-state index is 0.446. The number of hydrogen-bond donors (Lipinski definition) is 0. The van der Waals surface area contributed by atoms with Gasteiger partial charge in [-0.15, -0.1) is 0 Å². The van der Waals surface area contributed by atoms with E-state index in [9.17, 15) is 4.79 Å². The van der Waals surface area contributed by atoms with E-state index in [0.717, 1.165) is 11.1 Å². The molecule has 20 heavy (non-hydrogen) atoms. The van der Waals surface area contributed by atoms with E-state index in [4.69, 9.17) is 46.4 Å². The highest BCUT2D eigenvalue weighted by molar-refractivity contribution is 6.37. The molecule has 5 heteroatoms. The van der Waals surface area contributed by atoms with Crippen molar-refractivity contribution in [1.29, 1.82) is 0 Å². The fraction of sp³-hybridized carbons (Fsp3) is 0. The molecule has 0 radical (unpaired) electrons. The minimum Gasteiger partial charge on any atom is -0.299 e. The van der Waals surface area contributed by atoms with Gasteiger partial charge in [0.2, 0.25) is 0 Å². The molecule has 0 spiro atoms. The number of carbonyl (C=O) groups is 1. The van der Waals surface area contributed by atoms with Crippen molar-refractivity contribution < 1.29 is 4.79 Å². The minimum absolute atomic E-state index is 0.446. The lowest BCUT2D eigenvalue weighted by Crippen LogP contribution is -1.87. The molecule has 0 amide bonds. The van der Waals surface area contributed by atoms with Crippen molar-refractivity contribution in [2.24, 2.45) is 0 Å². The SMILES string of the molecule is O=C/C=C/c1c(Cl)cc(Cl)cc1-c1cc(Cl)cc(Cl)c1. The van der Waals surface area contributed by atoms with E-state index in [0.29, 0.717) is 31.9 Å². The van der Waals surface area contributed by atoms with Crippen LogP contribution in [0.15, 0.2) is 36.4 Å². The Labute approximate surface area is 136 Å². The lowest BCUT2D eigenvalue weighted by atomic mass is 9.99. The Morgan fingerprint density at radius 1 is 0.800 bits per heavy atom. The van der Waals surface area contributed by atoms with Crippen molar-refractivity contribution >= 4 is 58.8 Å². The van der Waals surface area contributed by atoms with Gasteiger partial charge in [-0.25, -0.2) is 0 Å². The van der Waals surface area contributed by atoms with Gasteiger partial charge < -0.3 is 0 Å². The predicted molar refractivity (Wildman–Crippen MR) is 87.0 cm³/mol. The van der Waals surface area contributed by atoms with Gasteiger partial charge in [0.1, 0.15) is 6.29 Å². The molecular weight excluding hydrogens is 338 g/mol. The second-order valence-corrected chi connectivity index (χ2v) is 5.72. The summed E-state index contributed by atoms with van der Waals surface area (Å²) in [6.07, 6.45) is 3.67. The third-order valence-electron chi connectivity index (χ3n) is 2.61. The molecule has 2 aromatic carbocycles. The van der Waals surface area contributed by atoms with Gasteiger partial charge in [-0.2, -0.15) is 0 Å². The van der Waals surface area contributed by atoms with E-state index in [-0.39, 0.29) is 0 Å². The first-order chi connectivity index (χ1) is 9.51. The van der Waals surface area contributed by atoms with Gasteiger partial charge in [-0.1, -0.05) is 46.4 Å². The summed E-state index contributed by atoms with van der Waals surface area (Å²) in [5.41, 5.74) is 2.21. The Morgan fingerprint density at radius 3 is 2.00 bits per heavy atom. The number of benzene rings is 2.